The summed E-state index contributed by atoms with van der Waals surface area (Å²) in [5.74, 6) is -0.777. The van der Waals surface area contributed by atoms with E-state index in [0.29, 0.717) is 27.0 Å². The molecule has 1 fully saturated rings. The van der Waals surface area contributed by atoms with Crippen molar-refractivity contribution < 1.29 is 19.1 Å². The molecule has 3 aromatic rings. The number of halogens is 4. The van der Waals surface area contributed by atoms with Crippen molar-refractivity contribution in [2.75, 3.05) is 4.90 Å². The highest BCUT2D eigenvalue weighted by Crippen LogP contribution is 2.32. The Morgan fingerprint density at radius 1 is 0.944 bits per heavy atom. The average molecular weight is 747 g/mol. The third-order valence-electron chi connectivity index (χ3n) is 5.29. The van der Waals surface area contributed by atoms with Crippen LogP contribution in [0, 0.1) is 21.0 Å². The predicted octanol–water partition coefficient (Wildman–Crippen LogP) is 7.06. The molecule has 0 aliphatic carbocycles. The van der Waals surface area contributed by atoms with Crippen LogP contribution in [0.2, 0.25) is 10.0 Å². The first-order chi connectivity index (χ1) is 17.0. The van der Waals surface area contributed by atoms with E-state index in [4.69, 9.17) is 27.9 Å². The number of hydrogen-bond donors (Lipinski definition) is 1. The molecular weight excluding hydrogens is 729 g/mol. The first-order valence-electron chi connectivity index (χ1n) is 10.6. The van der Waals surface area contributed by atoms with Gasteiger partial charge in [0, 0.05) is 15.6 Å². The Hall–Kier alpha value is -2.15. The number of rotatable bonds is 5. The van der Waals surface area contributed by atoms with E-state index >= 15 is 0 Å². The van der Waals surface area contributed by atoms with Crippen molar-refractivity contribution in [3.05, 3.63) is 93.5 Å². The zero-order valence-corrected chi connectivity index (χ0v) is 24.8. The van der Waals surface area contributed by atoms with E-state index < -0.39 is 17.8 Å². The molecule has 0 spiro atoms. The molecular formula is C26H18Cl2I2N2O4. The van der Waals surface area contributed by atoms with Crippen molar-refractivity contribution in [2.24, 2.45) is 0 Å². The molecule has 1 saturated heterocycles. The Morgan fingerprint density at radius 3 is 2.19 bits per heavy atom. The summed E-state index contributed by atoms with van der Waals surface area (Å²) >= 11 is 16.5. The van der Waals surface area contributed by atoms with Crippen LogP contribution in [0.4, 0.5) is 10.5 Å². The molecule has 0 bridgehead atoms. The van der Waals surface area contributed by atoms with Crippen molar-refractivity contribution in [3.8, 4) is 5.75 Å². The number of ether oxygens (including phenoxy) is 1. The van der Waals surface area contributed by atoms with E-state index in [2.05, 4.69) is 50.5 Å². The zero-order chi connectivity index (χ0) is 26.1. The topological polar surface area (TPSA) is 75.7 Å². The first kappa shape index (κ1) is 26.9. The number of hydrogen-bond acceptors (Lipinski definition) is 4. The van der Waals surface area contributed by atoms with Gasteiger partial charge in [-0.2, -0.15) is 0 Å². The van der Waals surface area contributed by atoms with Gasteiger partial charge in [0.2, 0.25) is 0 Å². The van der Waals surface area contributed by atoms with E-state index in [1.54, 1.807) is 42.5 Å². The van der Waals surface area contributed by atoms with Gasteiger partial charge >= 0.3 is 6.03 Å². The molecule has 1 aliphatic heterocycles. The highest BCUT2D eigenvalue weighted by molar-refractivity contribution is 14.1. The SMILES string of the molecule is Cc1cc(C)cc(N2C(=O)NC(=O)/C(=C\c3cc(I)c(OCc4ccc(Cl)cc4Cl)c(I)c3)C2=O)c1. The number of aryl methyl sites for hydroxylation is 2. The van der Waals surface area contributed by atoms with E-state index in [9.17, 15) is 14.4 Å². The molecule has 184 valence electrons. The zero-order valence-electron chi connectivity index (χ0n) is 19.0. The van der Waals surface area contributed by atoms with E-state index in [1.807, 2.05) is 19.9 Å². The summed E-state index contributed by atoms with van der Waals surface area (Å²) in [6, 6.07) is 13.4. The lowest BCUT2D eigenvalue weighted by Crippen LogP contribution is -2.54. The smallest absolute Gasteiger partial charge is 0.335 e. The van der Waals surface area contributed by atoms with Crippen molar-refractivity contribution in [2.45, 2.75) is 20.5 Å². The maximum Gasteiger partial charge on any atom is 0.335 e. The van der Waals surface area contributed by atoms with Gasteiger partial charge in [-0.15, -0.1) is 0 Å². The van der Waals surface area contributed by atoms with Crippen LogP contribution in [0.5, 0.6) is 5.75 Å². The molecule has 4 amide bonds. The minimum absolute atomic E-state index is 0.137. The van der Waals surface area contributed by atoms with Crippen molar-refractivity contribution in [3.63, 3.8) is 0 Å². The lowest BCUT2D eigenvalue weighted by Gasteiger charge is -2.27. The Kier molecular flexibility index (Phi) is 8.28. The highest BCUT2D eigenvalue weighted by atomic mass is 127. The van der Waals surface area contributed by atoms with Gasteiger partial charge in [-0.1, -0.05) is 35.3 Å². The molecule has 0 saturated carbocycles. The van der Waals surface area contributed by atoms with Gasteiger partial charge in [0.1, 0.15) is 17.9 Å². The minimum Gasteiger partial charge on any atom is -0.487 e. The molecule has 10 heteroatoms. The number of nitrogens with one attached hydrogen (secondary N) is 1. The molecule has 6 nitrogen and oxygen atoms in total. The normalized spacial score (nSPS) is 14.9. The van der Waals surface area contributed by atoms with Crippen LogP contribution in [0.25, 0.3) is 6.08 Å². The molecule has 1 heterocycles. The molecule has 1 N–H and O–H groups in total. The number of anilines is 1. The number of amides is 4. The largest absolute Gasteiger partial charge is 0.487 e. The maximum atomic E-state index is 13.3. The van der Waals surface area contributed by atoms with Crippen LogP contribution < -0.4 is 15.0 Å². The number of imide groups is 2. The predicted molar refractivity (Wildman–Crippen MR) is 158 cm³/mol. The Bertz CT molecular complexity index is 1410. The van der Waals surface area contributed by atoms with Gasteiger partial charge in [0.25, 0.3) is 11.8 Å². The second-order valence-electron chi connectivity index (χ2n) is 8.14. The van der Waals surface area contributed by atoms with Crippen molar-refractivity contribution in [1.29, 1.82) is 0 Å². The third-order valence-corrected chi connectivity index (χ3v) is 7.47. The summed E-state index contributed by atoms with van der Waals surface area (Å²) in [6.45, 7) is 3.99. The fourth-order valence-corrected chi connectivity index (χ4v) is 6.32. The molecule has 0 radical (unpaired) electrons. The standard InChI is InChI=1S/C26H18Cl2I2N2O4/c1-13-5-14(2)7-18(6-13)32-25(34)19(24(33)31-26(32)35)8-15-9-21(29)23(22(30)10-15)36-12-16-3-4-17(27)11-20(16)28/h3-11H,12H2,1-2H3,(H,31,33,35)/b19-8+. The quantitative estimate of drug-likeness (QED) is 0.172. The molecule has 0 aromatic heterocycles. The Morgan fingerprint density at radius 2 is 1.58 bits per heavy atom. The molecule has 4 rings (SSSR count). The lowest BCUT2D eigenvalue weighted by molar-refractivity contribution is -0.122. The van der Waals surface area contributed by atoms with Gasteiger partial charge in [0.15, 0.2) is 0 Å². The minimum atomic E-state index is -0.777. The first-order valence-corrected chi connectivity index (χ1v) is 13.5. The second kappa shape index (κ2) is 11.1. The van der Waals surface area contributed by atoms with E-state index in [1.165, 1.54) is 6.08 Å². The summed E-state index contributed by atoms with van der Waals surface area (Å²) in [5.41, 5.74) is 3.47. The average Bonchev–Trinajstić information content (AvgIpc) is 2.76. The molecule has 1 aliphatic rings. The molecule has 0 atom stereocenters. The van der Waals surface area contributed by atoms with Crippen LogP contribution >= 0.6 is 68.4 Å². The molecule has 36 heavy (non-hydrogen) atoms. The van der Waals surface area contributed by atoms with Crippen LogP contribution in [0.3, 0.4) is 0 Å². The van der Waals surface area contributed by atoms with Gasteiger partial charge in [0.05, 0.1) is 12.8 Å². The number of benzene rings is 3. The van der Waals surface area contributed by atoms with Crippen LogP contribution in [0.1, 0.15) is 22.3 Å². The summed E-state index contributed by atoms with van der Waals surface area (Å²) in [4.78, 5) is 39.3. The number of nitrogens with zero attached hydrogens (tertiary/aromatic N) is 1. The third kappa shape index (κ3) is 5.87. The monoisotopic (exact) mass is 746 g/mol. The van der Waals surface area contributed by atoms with E-state index in [-0.39, 0.29) is 12.2 Å². The number of barbiturate groups is 1. The van der Waals surface area contributed by atoms with Gasteiger partial charge < -0.3 is 4.74 Å². The summed E-state index contributed by atoms with van der Waals surface area (Å²) < 4.78 is 7.57. The molecule has 0 unspecified atom stereocenters. The fourth-order valence-electron chi connectivity index (χ4n) is 3.73. The summed E-state index contributed by atoms with van der Waals surface area (Å²) in [5, 5.41) is 3.32. The highest BCUT2D eigenvalue weighted by Gasteiger charge is 2.37. The second-order valence-corrected chi connectivity index (χ2v) is 11.3. The lowest BCUT2D eigenvalue weighted by atomic mass is 10.1. The number of carbonyl (C=O) groups excluding carboxylic acids is 3. The summed E-state index contributed by atoms with van der Waals surface area (Å²) in [7, 11) is 0. The van der Waals surface area contributed by atoms with Gasteiger partial charge in [-0.05, 0) is 118 Å². The fraction of sp³-hybridized carbons (Fsp3) is 0.115. The Balaban J connectivity index is 1.62. The van der Waals surface area contributed by atoms with E-state index in [0.717, 1.165) is 28.7 Å². The van der Waals surface area contributed by atoms with Crippen molar-refractivity contribution in [1.82, 2.24) is 5.32 Å². The summed E-state index contributed by atoms with van der Waals surface area (Å²) in [6.07, 6.45) is 1.48. The van der Waals surface area contributed by atoms with Gasteiger partial charge in [-0.25, -0.2) is 9.69 Å². The van der Waals surface area contributed by atoms with Gasteiger partial charge in [-0.3, -0.25) is 14.9 Å². The maximum absolute atomic E-state index is 13.3. The Labute approximate surface area is 245 Å². The number of urea groups is 1. The molecule has 3 aromatic carbocycles. The van der Waals surface area contributed by atoms with Crippen LogP contribution in [-0.4, -0.2) is 17.8 Å². The van der Waals surface area contributed by atoms with Crippen LogP contribution in [0.15, 0.2) is 54.1 Å². The van der Waals surface area contributed by atoms with Crippen molar-refractivity contribution >= 4 is 98.0 Å². The number of carbonyl (C=O) groups is 3. The van der Waals surface area contributed by atoms with Crippen LogP contribution in [-0.2, 0) is 16.2 Å².